The van der Waals surface area contributed by atoms with Crippen LogP contribution in [0.2, 0.25) is 0 Å². The van der Waals surface area contributed by atoms with E-state index < -0.39 is 0 Å². The van der Waals surface area contributed by atoms with E-state index >= 15 is 0 Å². The van der Waals surface area contributed by atoms with Crippen LogP contribution in [0, 0.1) is 0 Å². The van der Waals surface area contributed by atoms with Gasteiger partial charge in [-0.15, -0.1) is 5.10 Å². The molecule has 1 aromatic carbocycles. The molecule has 1 N–H and O–H groups in total. The van der Waals surface area contributed by atoms with Gasteiger partial charge in [-0.3, -0.25) is 4.79 Å². The van der Waals surface area contributed by atoms with Gasteiger partial charge in [-0.25, -0.2) is 4.68 Å². The van der Waals surface area contributed by atoms with E-state index in [0.29, 0.717) is 36.9 Å². The number of amides is 1. The van der Waals surface area contributed by atoms with Gasteiger partial charge in [0.1, 0.15) is 12.4 Å². The normalized spacial score (nSPS) is 10.9. The quantitative estimate of drug-likeness (QED) is 0.661. The van der Waals surface area contributed by atoms with Gasteiger partial charge in [0.2, 0.25) is 0 Å². The first-order valence-electron chi connectivity index (χ1n) is 8.47. The van der Waals surface area contributed by atoms with Crippen LogP contribution in [0.4, 0.5) is 0 Å². The highest BCUT2D eigenvalue weighted by molar-refractivity contribution is 5.94. The minimum absolute atomic E-state index is 0.105. The number of hydrogen-bond acceptors (Lipinski definition) is 6. The second-order valence-corrected chi connectivity index (χ2v) is 5.75. The topological polar surface area (TPSA) is 91.2 Å². The lowest BCUT2D eigenvalue weighted by atomic mass is 10.2. The van der Waals surface area contributed by atoms with Crippen molar-refractivity contribution in [2.75, 3.05) is 19.8 Å². The van der Waals surface area contributed by atoms with E-state index in [1.807, 2.05) is 20.8 Å². The highest BCUT2D eigenvalue weighted by Gasteiger charge is 2.10. The summed E-state index contributed by atoms with van der Waals surface area (Å²) in [6.45, 7) is 8.16. The average Bonchev–Trinajstić information content (AvgIpc) is 3.09. The first-order valence-corrected chi connectivity index (χ1v) is 8.47. The summed E-state index contributed by atoms with van der Waals surface area (Å²) in [6, 6.07) is 7.16. The summed E-state index contributed by atoms with van der Waals surface area (Å²) in [5.41, 5.74) is 0.593. The first-order chi connectivity index (χ1) is 12.1. The van der Waals surface area contributed by atoms with Crippen molar-refractivity contribution >= 4 is 5.91 Å². The zero-order chi connectivity index (χ0) is 18.1. The standard InChI is InChI=1S/C17H25N5O3/c1-4-24-11-5-10-18-17(23)14-6-8-15(9-7-14)25-12-16-19-20-21-22(16)13(2)3/h6-9,13H,4-5,10-12H2,1-3H3,(H,18,23). The van der Waals surface area contributed by atoms with Crippen molar-refractivity contribution in [1.29, 1.82) is 0 Å². The van der Waals surface area contributed by atoms with Gasteiger partial charge in [0.25, 0.3) is 5.91 Å². The van der Waals surface area contributed by atoms with E-state index in [0.717, 1.165) is 6.42 Å². The molecule has 0 saturated carbocycles. The van der Waals surface area contributed by atoms with Crippen molar-refractivity contribution in [3.05, 3.63) is 35.7 Å². The number of rotatable bonds is 10. The Balaban J connectivity index is 1.81. The van der Waals surface area contributed by atoms with E-state index in [4.69, 9.17) is 9.47 Å². The Kier molecular flexibility index (Phi) is 7.34. The van der Waals surface area contributed by atoms with Gasteiger partial charge in [-0.1, -0.05) is 0 Å². The summed E-state index contributed by atoms with van der Waals surface area (Å²) in [6.07, 6.45) is 0.797. The number of tetrazole rings is 1. The Morgan fingerprint density at radius 1 is 1.28 bits per heavy atom. The number of nitrogens with one attached hydrogen (secondary N) is 1. The summed E-state index contributed by atoms with van der Waals surface area (Å²) in [5, 5.41) is 14.4. The predicted octanol–water partition coefficient (Wildman–Crippen LogP) is 1.99. The van der Waals surface area contributed by atoms with Crippen LogP contribution in [0.1, 0.15) is 49.4 Å². The van der Waals surface area contributed by atoms with Crippen LogP contribution in [0.15, 0.2) is 24.3 Å². The summed E-state index contributed by atoms with van der Waals surface area (Å²) >= 11 is 0. The van der Waals surface area contributed by atoms with Gasteiger partial charge in [-0.2, -0.15) is 0 Å². The highest BCUT2D eigenvalue weighted by atomic mass is 16.5. The summed E-state index contributed by atoms with van der Waals surface area (Å²) in [5.74, 6) is 1.21. The molecule has 8 nitrogen and oxygen atoms in total. The fraction of sp³-hybridized carbons (Fsp3) is 0.529. The third kappa shape index (κ3) is 5.82. The number of carbonyl (C=O) groups is 1. The second kappa shape index (κ2) is 9.73. The smallest absolute Gasteiger partial charge is 0.251 e. The predicted molar refractivity (Wildman–Crippen MR) is 92.4 cm³/mol. The van der Waals surface area contributed by atoms with Crippen LogP contribution in [0.25, 0.3) is 0 Å². The summed E-state index contributed by atoms with van der Waals surface area (Å²) in [4.78, 5) is 12.0. The molecule has 0 saturated heterocycles. The molecule has 8 heteroatoms. The molecule has 0 unspecified atom stereocenters. The summed E-state index contributed by atoms with van der Waals surface area (Å²) < 4.78 is 12.6. The SMILES string of the molecule is CCOCCCNC(=O)c1ccc(OCc2nnnn2C(C)C)cc1. The van der Waals surface area contributed by atoms with Crippen molar-refractivity contribution < 1.29 is 14.3 Å². The Hall–Kier alpha value is -2.48. The maximum atomic E-state index is 12.0. The minimum Gasteiger partial charge on any atom is -0.486 e. The third-order valence-electron chi connectivity index (χ3n) is 3.49. The Labute approximate surface area is 147 Å². The van der Waals surface area contributed by atoms with Crippen molar-refractivity contribution in [3.63, 3.8) is 0 Å². The molecular formula is C17H25N5O3. The van der Waals surface area contributed by atoms with Crippen LogP contribution in [0.5, 0.6) is 5.75 Å². The minimum atomic E-state index is -0.105. The van der Waals surface area contributed by atoms with Gasteiger partial charge < -0.3 is 14.8 Å². The lowest BCUT2D eigenvalue weighted by molar-refractivity contribution is 0.0944. The fourth-order valence-electron chi connectivity index (χ4n) is 2.18. The largest absolute Gasteiger partial charge is 0.486 e. The molecule has 136 valence electrons. The number of benzene rings is 1. The van der Waals surface area contributed by atoms with Crippen molar-refractivity contribution in [3.8, 4) is 5.75 Å². The lowest BCUT2D eigenvalue weighted by Gasteiger charge is -2.10. The van der Waals surface area contributed by atoms with E-state index in [2.05, 4.69) is 20.8 Å². The number of aromatic nitrogens is 4. The zero-order valence-electron chi connectivity index (χ0n) is 14.9. The van der Waals surface area contributed by atoms with E-state index in [1.54, 1.807) is 28.9 Å². The Bertz CT molecular complexity index is 655. The molecule has 0 spiro atoms. The Morgan fingerprint density at radius 3 is 2.72 bits per heavy atom. The molecule has 0 aliphatic carbocycles. The highest BCUT2D eigenvalue weighted by Crippen LogP contribution is 2.14. The molecule has 0 aliphatic heterocycles. The summed E-state index contributed by atoms with van der Waals surface area (Å²) in [7, 11) is 0. The first kappa shape index (κ1) is 18.9. The monoisotopic (exact) mass is 347 g/mol. The lowest BCUT2D eigenvalue weighted by Crippen LogP contribution is -2.25. The van der Waals surface area contributed by atoms with Gasteiger partial charge >= 0.3 is 0 Å². The molecule has 1 heterocycles. The van der Waals surface area contributed by atoms with Crippen molar-refractivity contribution in [1.82, 2.24) is 25.5 Å². The Morgan fingerprint density at radius 2 is 2.04 bits per heavy atom. The number of nitrogens with zero attached hydrogens (tertiary/aromatic N) is 4. The molecule has 1 amide bonds. The molecule has 0 atom stereocenters. The second-order valence-electron chi connectivity index (χ2n) is 5.75. The van der Waals surface area contributed by atoms with Crippen LogP contribution in [-0.2, 0) is 11.3 Å². The average molecular weight is 347 g/mol. The van der Waals surface area contributed by atoms with Crippen molar-refractivity contribution in [2.24, 2.45) is 0 Å². The van der Waals surface area contributed by atoms with Gasteiger partial charge in [0.15, 0.2) is 5.82 Å². The zero-order valence-corrected chi connectivity index (χ0v) is 14.9. The van der Waals surface area contributed by atoms with E-state index in [9.17, 15) is 4.79 Å². The number of hydrogen-bond donors (Lipinski definition) is 1. The van der Waals surface area contributed by atoms with Crippen LogP contribution in [-0.4, -0.2) is 45.9 Å². The molecule has 0 radical (unpaired) electrons. The maximum absolute atomic E-state index is 12.0. The van der Waals surface area contributed by atoms with Crippen molar-refractivity contribution in [2.45, 2.75) is 39.8 Å². The van der Waals surface area contributed by atoms with Gasteiger partial charge in [0, 0.05) is 25.3 Å². The van der Waals surface area contributed by atoms with E-state index in [-0.39, 0.29) is 18.6 Å². The van der Waals surface area contributed by atoms with Gasteiger partial charge in [-0.05, 0) is 61.9 Å². The molecule has 0 aliphatic rings. The van der Waals surface area contributed by atoms with Crippen LogP contribution in [0.3, 0.4) is 0 Å². The van der Waals surface area contributed by atoms with E-state index in [1.165, 1.54) is 0 Å². The molecule has 1 aromatic heterocycles. The molecule has 2 aromatic rings. The molecular weight excluding hydrogens is 322 g/mol. The van der Waals surface area contributed by atoms with Crippen LogP contribution < -0.4 is 10.1 Å². The molecule has 0 bridgehead atoms. The maximum Gasteiger partial charge on any atom is 0.251 e. The fourth-order valence-corrected chi connectivity index (χ4v) is 2.18. The number of ether oxygens (including phenoxy) is 2. The molecule has 2 rings (SSSR count). The van der Waals surface area contributed by atoms with Crippen LogP contribution >= 0.6 is 0 Å². The molecule has 25 heavy (non-hydrogen) atoms. The third-order valence-corrected chi connectivity index (χ3v) is 3.49. The van der Waals surface area contributed by atoms with Gasteiger partial charge in [0.05, 0.1) is 6.04 Å². The number of carbonyl (C=O) groups excluding carboxylic acids is 1. The molecule has 0 fully saturated rings.